The van der Waals surface area contributed by atoms with Gasteiger partial charge in [-0.15, -0.1) is 0 Å². The van der Waals surface area contributed by atoms with Gasteiger partial charge >= 0.3 is 0 Å². The van der Waals surface area contributed by atoms with Gasteiger partial charge in [-0.25, -0.2) is 4.98 Å². The monoisotopic (exact) mass is 411 g/mol. The van der Waals surface area contributed by atoms with E-state index in [-0.39, 0.29) is 5.91 Å². The Bertz CT molecular complexity index is 931. The number of oxazole rings is 1. The van der Waals surface area contributed by atoms with E-state index in [1.165, 1.54) is 0 Å². The molecule has 1 aliphatic rings. The number of anilines is 1. The molecule has 1 aromatic heterocycles. The summed E-state index contributed by atoms with van der Waals surface area (Å²) >= 11 is 0. The number of amides is 1. The molecule has 0 radical (unpaired) electrons. The van der Waals surface area contributed by atoms with Crippen LogP contribution in [-0.2, 0) is 11.3 Å². The molecule has 0 atom stereocenters. The highest BCUT2D eigenvalue weighted by molar-refractivity contribution is 5.78. The summed E-state index contributed by atoms with van der Waals surface area (Å²) in [5.74, 6) is 2.00. The molecule has 0 N–H and O–H groups in total. The Morgan fingerprint density at radius 3 is 2.43 bits per heavy atom. The Kier molecular flexibility index (Phi) is 6.63. The fourth-order valence-corrected chi connectivity index (χ4v) is 4.01. The van der Waals surface area contributed by atoms with Gasteiger partial charge in [0.1, 0.15) is 11.8 Å². The molecular formula is C22H29N5O3. The van der Waals surface area contributed by atoms with Crippen LogP contribution in [0.25, 0.3) is 0 Å². The first kappa shape index (κ1) is 21.7. The number of benzene rings is 1. The van der Waals surface area contributed by atoms with E-state index in [9.17, 15) is 10.1 Å². The van der Waals surface area contributed by atoms with E-state index in [4.69, 9.17) is 9.15 Å². The number of piperazine rings is 1. The van der Waals surface area contributed by atoms with Crippen molar-refractivity contribution in [3.8, 4) is 11.8 Å². The summed E-state index contributed by atoms with van der Waals surface area (Å²) in [6.45, 7) is 9.28. The Hall–Kier alpha value is -3.05. The molecule has 3 rings (SSSR count). The van der Waals surface area contributed by atoms with Crippen molar-refractivity contribution < 1.29 is 13.9 Å². The minimum atomic E-state index is 0.105. The van der Waals surface area contributed by atoms with E-state index in [0.717, 1.165) is 22.4 Å². The molecule has 0 aliphatic carbocycles. The molecule has 0 spiro atoms. The van der Waals surface area contributed by atoms with Gasteiger partial charge < -0.3 is 19.0 Å². The maximum absolute atomic E-state index is 12.8. The van der Waals surface area contributed by atoms with Crippen molar-refractivity contribution in [2.75, 3.05) is 51.8 Å². The van der Waals surface area contributed by atoms with Crippen LogP contribution in [0.5, 0.6) is 5.75 Å². The quantitative estimate of drug-likeness (QED) is 0.721. The predicted molar refractivity (Wildman–Crippen MR) is 114 cm³/mol. The third-order valence-corrected chi connectivity index (χ3v) is 5.32. The SMILES string of the molecule is COc1c(C)cc(CN(C)CC(=O)N2CCN(c3oc(C)nc3C#N)CC2)cc1C. The average Bonchev–Trinajstić information content (AvgIpc) is 3.08. The van der Waals surface area contributed by atoms with Crippen molar-refractivity contribution in [3.63, 3.8) is 0 Å². The van der Waals surface area contributed by atoms with Gasteiger partial charge in [-0.2, -0.15) is 5.26 Å². The van der Waals surface area contributed by atoms with Crippen LogP contribution in [0.1, 0.15) is 28.3 Å². The molecule has 2 aromatic rings. The van der Waals surface area contributed by atoms with Gasteiger partial charge in [-0.1, -0.05) is 12.1 Å². The molecule has 0 saturated carbocycles. The van der Waals surface area contributed by atoms with Gasteiger partial charge in [0.05, 0.1) is 13.7 Å². The zero-order valence-corrected chi connectivity index (χ0v) is 18.4. The number of carbonyl (C=O) groups is 1. The van der Waals surface area contributed by atoms with E-state index < -0.39 is 0 Å². The Morgan fingerprint density at radius 2 is 1.87 bits per heavy atom. The number of aryl methyl sites for hydroxylation is 3. The van der Waals surface area contributed by atoms with Gasteiger partial charge in [0.15, 0.2) is 5.89 Å². The second-order valence-electron chi connectivity index (χ2n) is 7.80. The third-order valence-electron chi connectivity index (χ3n) is 5.32. The largest absolute Gasteiger partial charge is 0.496 e. The molecule has 8 heteroatoms. The number of ether oxygens (including phenoxy) is 1. The molecule has 0 bridgehead atoms. The molecular weight excluding hydrogens is 382 g/mol. The molecule has 1 aliphatic heterocycles. The fourth-order valence-electron chi connectivity index (χ4n) is 4.01. The van der Waals surface area contributed by atoms with Gasteiger partial charge in [-0.05, 0) is 37.6 Å². The van der Waals surface area contributed by atoms with Crippen molar-refractivity contribution in [1.29, 1.82) is 5.26 Å². The molecule has 1 amide bonds. The Balaban J connectivity index is 1.54. The topological polar surface area (TPSA) is 85.8 Å². The van der Waals surface area contributed by atoms with Crippen LogP contribution in [-0.4, -0.2) is 67.6 Å². The summed E-state index contributed by atoms with van der Waals surface area (Å²) in [5.41, 5.74) is 3.67. The van der Waals surface area contributed by atoms with E-state index >= 15 is 0 Å². The van der Waals surface area contributed by atoms with Crippen molar-refractivity contribution in [2.45, 2.75) is 27.3 Å². The van der Waals surface area contributed by atoms with Gasteiger partial charge in [0.25, 0.3) is 0 Å². The molecule has 2 heterocycles. The Labute approximate surface area is 177 Å². The van der Waals surface area contributed by atoms with E-state index in [1.807, 2.05) is 35.6 Å². The minimum Gasteiger partial charge on any atom is -0.496 e. The molecule has 1 fully saturated rings. The number of carbonyl (C=O) groups excluding carboxylic acids is 1. The van der Waals surface area contributed by atoms with Crippen molar-refractivity contribution >= 4 is 11.8 Å². The van der Waals surface area contributed by atoms with Crippen molar-refractivity contribution in [1.82, 2.24) is 14.8 Å². The van der Waals surface area contributed by atoms with E-state index in [2.05, 4.69) is 23.2 Å². The molecule has 0 unspecified atom stereocenters. The summed E-state index contributed by atoms with van der Waals surface area (Å²) in [6.07, 6.45) is 0. The fraction of sp³-hybridized carbons (Fsp3) is 0.500. The number of likely N-dealkylation sites (N-methyl/N-ethyl adjacent to an activating group) is 1. The van der Waals surface area contributed by atoms with Crippen molar-refractivity contribution in [2.24, 2.45) is 0 Å². The summed E-state index contributed by atoms with van der Waals surface area (Å²) in [5, 5.41) is 9.21. The molecule has 30 heavy (non-hydrogen) atoms. The first-order valence-corrected chi connectivity index (χ1v) is 10.0. The van der Waals surface area contributed by atoms with Crippen LogP contribution < -0.4 is 9.64 Å². The number of hydrogen-bond acceptors (Lipinski definition) is 7. The van der Waals surface area contributed by atoms with Crippen LogP contribution in [0, 0.1) is 32.1 Å². The maximum atomic E-state index is 12.8. The predicted octanol–water partition coefficient (Wildman–Crippen LogP) is 2.26. The molecule has 160 valence electrons. The van der Waals surface area contributed by atoms with Crippen LogP contribution in [0.2, 0.25) is 0 Å². The van der Waals surface area contributed by atoms with Crippen LogP contribution >= 0.6 is 0 Å². The summed E-state index contributed by atoms with van der Waals surface area (Å²) in [4.78, 5) is 22.7. The smallest absolute Gasteiger partial charge is 0.236 e. The zero-order chi connectivity index (χ0) is 21.8. The number of rotatable bonds is 6. The lowest BCUT2D eigenvalue weighted by atomic mass is 10.1. The minimum absolute atomic E-state index is 0.105. The number of hydrogen-bond donors (Lipinski definition) is 0. The normalized spacial score (nSPS) is 14.2. The summed E-state index contributed by atoms with van der Waals surface area (Å²) < 4.78 is 11.0. The lowest BCUT2D eigenvalue weighted by Crippen LogP contribution is -2.51. The van der Waals surface area contributed by atoms with Gasteiger partial charge in [-0.3, -0.25) is 9.69 Å². The molecule has 8 nitrogen and oxygen atoms in total. The highest BCUT2D eigenvalue weighted by Crippen LogP contribution is 2.25. The average molecular weight is 412 g/mol. The molecule has 1 saturated heterocycles. The number of nitrogens with zero attached hydrogens (tertiary/aromatic N) is 5. The van der Waals surface area contributed by atoms with Crippen LogP contribution in [0.4, 0.5) is 5.88 Å². The third kappa shape index (κ3) is 4.74. The second kappa shape index (κ2) is 9.18. The molecule has 1 aromatic carbocycles. The maximum Gasteiger partial charge on any atom is 0.236 e. The zero-order valence-electron chi connectivity index (χ0n) is 18.4. The lowest BCUT2D eigenvalue weighted by Gasteiger charge is -2.35. The Morgan fingerprint density at radius 1 is 1.23 bits per heavy atom. The van der Waals surface area contributed by atoms with Gasteiger partial charge in [0, 0.05) is 39.6 Å². The van der Waals surface area contributed by atoms with Crippen LogP contribution in [0.3, 0.4) is 0 Å². The van der Waals surface area contributed by atoms with E-state index in [1.54, 1.807) is 14.0 Å². The summed E-state index contributed by atoms with van der Waals surface area (Å²) in [7, 11) is 3.64. The van der Waals surface area contributed by atoms with Crippen LogP contribution in [0.15, 0.2) is 16.5 Å². The lowest BCUT2D eigenvalue weighted by molar-refractivity contribution is -0.132. The van der Waals surface area contributed by atoms with Crippen molar-refractivity contribution in [3.05, 3.63) is 40.4 Å². The highest BCUT2D eigenvalue weighted by atomic mass is 16.5. The standard InChI is InChI=1S/C22H29N5O3/c1-15-10-18(11-16(2)21(15)29-5)13-25(4)14-20(28)26-6-8-27(9-7-26)22-19(12-23)24-17(3)30-22/h10-11H,6-9,13-14H2,1-5H3. The number of aromatic nitrogens is 1. The second-order valence-corrected chi connectivity index (χ2v) is 7.80. The first-order chi connectivity index (χ1) is 14.3. The number of nitriles is 1. The highest BCUT2D eigenvalue weighted by Gasteiger charge is 2.26. The number of methoxy groups -OCH3 is 1. The first-order valence-electron chi connectivity index (χ1n) is 10.0. The van der Waals surface area contributed by atoms with Gasteiger partial charge in [0.2, 0.25) is 17.5 Å². The summed E-state index contributed by atoms with van der Waals surface area (Å²) in [6, 6.07) is 6.29. The van der Waals surface area contributed by atoms with E-state index in [0.29, 0.717) is 56.7 Å².